The smallest absolute Gasteiger partial charge is 0.243 e. The van der Waals surface area contributed by atoms with Crippen LogP contribution in [0.1, 0.15) is 19.4 Å². The number of hydrogen-bond acceptors (Lipinski definition) is 5. The number of amides is 2. The minimum absolute atomic E-state index is 0.160. The maximum Gasteiger partial charge on any atom is 0.243 e. The molecule has 1 fully saturated rings. The topological polar surface area (TPSA) is 63.7 Å². The van der Waals surface area contributed by atoms with Crippen molar-refractivity contribution in [1.82, 2.24) is 4.90 Å². The zero-order valence-corrected chi connectivity index (χ0v) is 15.4. The lowest BCUT2D eigenvalue weighted by Gasteiger charge is -2.15. The predicted molar refractivity (Wildman–Crippen MR) is 99.7 cm³/mol. The Labute approximate surface area is 156 Å². The molecular formula is C20H19NO4S. The van der Waals surface area contributed by atoms with Crippen LogP contribution in [0.4, 0.5) is 0 Å². The number of para-hydroxylation sites is 1. The van der Waals surface area contributed by atoms with E-state index >= 15 is 0 Å². The molecule has 2 amide bonds. The molecule has 3 rings (SSSR count). The molecule has 2 unspecified atom stereocenters. The number of carbonyl (C=O) groups is 3. The number of thioether (sulfide) groups is 1. The fourth-order valence-electron chi connectivity index (χ4n) is 2.81. The summed E-state index contributed by atoms with van der Waals surface area (Å²) >= 11 is 0.929. The Kier molecular flexibility index (Phi) is 5.42. The summed E-state index contributed by atoms with van der Waals surface area (Å²) in [4.78, 5) is 37.4. The number of nitrogens with zero attached hydrogens (tertiary/aromatic N) is 1. The normalized spacial score (nSPS) is 19.7. The number of imide groups is 1. The van der Waals surface area contributed by atoms with E-state index in [4.69, 9.17) is 4.74 Å². The molecule has 0 radical (unpaired) electrons. The van der Waals surface area contributed by atoms with Gasteiger partial charge in [0.05, 0.1) is 12.5 Å². The molecule has 2 aromatic rings. The summed E-state index contributed by atoms with van der Waals surface area (Å²) in [5.41, 5.74) is 0.827. The average Bonchev–Trinajstić information content (AvgIpc) is 2.82. The number of likely N-dealkylation sites (tertiary alicyclic amines) is 1. The van der Waals surface area contributed by atoms with E-state index in [1.54, 1.807) is 19.1 Å². The van der Waals surface area contributed by atoms with E-state index in [1.165, 1.54) is 11.8 Å². The number of benzene rings is 2. The quantitative estimate of drug-likeness (QED) is 0.753. The Morgan fingerprint density at radius 1 is 1.00 bits per heavy atom. The molecule has 5 nitrogen and oxygen atoms in total. The number of carbonyl (C=O) groups excluding carboxylic acids is 3. The van der Waals surface area contributed by atoms with Crippen LogP contribution in [0.15, 0.2) is 54.6 Å². The van der Waals surface area contributed by atoms with Crippen molar-refractivity contribution in [3.8, 4) is 11.5 Å². The summed E-state index contributed by atoms with van der Waals surface area (Å²) in [5.74, 6) is 0.392. The summed E-state index contributed by atoms with van der Waals surface area (Å²) in [5, 5.41) is -0.784. The second kappa shape index (κ2) is 7.74. The highest BCUT2D eigenvalue weighted by molar-refractivity contribution is 8.14. The highest BCUT2D eigenvalue weighted by atomic mass is 32.2. The first-order valence-electron chi connectivity index (χ1n) is 8.30. The summed E-state index contributed by atoms with van der Waals surface area (Å²) in [6.45, 7) is 3.30. The molecule has 2 atom stereocenters. The molecule has 134 valence electrons. The predicted octanol–water partition coefficient (Wildman–Crippen LogP) is 3.63. The van der Waals surface area contributed by atoms with Crippen molar-refractivity contribution in [3.63, 3.8) is 0 Å². The lowest BCUT2D eigenvalue weighted by Crippen LogP contribution is -2.31. The summed E-state index contributed by atoms with van der Waals surface area (Å²) < 4.78 is 5.74. The zero-order chi connectivity index (χ0) is 18.7. The molecule has 0 spiro atoms. The third kappa shape index (κ3) is 3.96. The van der Waals surface area contributed by atoms with E-state index in [2.05, 4.69) is 0 Å². The lowest BCUT2D eigenvalue weighted by atomic mass is 10.1. The van der Waals surface area contributed by atoms with Gasteiger partial charge in [-0.05, 0) is 29.8 Å². The van der Waals surface area contributed by atoms with Crippen LogP contribution in [0, 0.1) is 5.92 Å². The van der Waals surface area contributed by atoms with E-state index < -0.39 is 11.2 Å². The maximum absolute atomic E-state index is 12.5. The van der Waals surface area contributed by atoms with Crippen LogP contribution >= 0.6 is 11.8 Å². The van der Waals surface area contributed by atoms with Crippen molar-refractivity contribution < 1.29 is 19.1 Å². The van der Waals surface area contributed by atoms with E-state index in [1.807, 2.05) is 42.5 Å². The van der Waals surface area contributed by atoms with E-state index in [0.29, 0.717) is 5.75 Å². The number of ether oxygens (including phenoxy) is 1. The molecule has 0 aliphatic carbocycles. The van der Waals surface area contributed by atoms with Crippen LogP contribution < -0.4 is 4.74 Å². The zero-order valence-electron chi connectivity index (χ0n) is 14.5. The van der Waals surface area contributed by atoms with Crippen molar-refractivity contribution >= 4 is 28.7 Å². The first kappa shape index (κ1) is 18.2. The average molecular weight is 369 g/mol. The second-order valence-electron chi connectivity index (χ2n) is 6.14. The summed E-state index contributed by atoms with van der Waals surface area (Å²) in [6.07, 6.45) is 0. The molecule has 26 heavy (non-hydrogen) atoms. The molecule has 0 saturated carbocycles. The van der Waals surface area contributed by atoms with E-state index in [9.17, 15) is 14.4 Å². The van der Waals surface area contributed by atoms with E-state index in [0.717, 1.165) is 23.1 Å². The van der Waals surface area contributed by atoms with Gasteiger partial charge in [0.2, 0.25) is 11.8 Å². The molecule has 1 aliphatic rings. The van der Waals surface area contributed by atoms with Gasteiger partial charge in [-0.2, -0.15) is 0 Å². The molecule has 6 heteroatoms. The third-order valence-electron chi connectivity index (χ3n) is 4.15. The van der Waals surface area contributed by atoms with E-state index in [-0.39, 0.29) is 23.5 Å². The van der Waals surface area contributed by atoms with Crippen LogP contribution in [0.2, 0.25) is 0 Å². The Bertz CT molecular complexity index is 819. The van der Waals surface area contributed by atoms with Gasteiger partial charge in [-0.3, -0.25) is 19.3 Å². The minimum atomic E-state index is -0.624. The van der Waals surface area contributed by atoms with Gasteiger partial charge < -0.3 is 4.74 Å². The number of hydrogen-bond donors (Lipinski definition) is 0. The Morgan fingerprint density at radius 3 is 2.23 bits per heavy atom. The van der Waals surface area contributed by atoms with Crippen molar-refractivity contribution in [2.24, 2.45) is 5.92 Å². The molecule has 1 saturated heterocycles. The van der Waals surface area contributed by atoms with Gasteiger partial charge in [0.25, 0.3) is 0 Å². The van der Waals surface area contributed by atoms with Crippen molar-refractivity contribution in [1.29, 1.82) is 0 Å². The first-order valence-corrected chi connectivity index (χ1v) is 9.18. The van der Waals surface area contributed by atoms with Gasteiger partial charge in [-0.1, -0.05) is 49.0 Å². The standard InChI is InChI=1S/C20H19NO4S/c1-13-18(26-14(2)22)20(24)21(19(13)23)12-15-8-10-17(11-9-15)25-16-6-4-3-5-7-16/h3-11,13,18H,12H2,1-2H3. The van der Waals surface area contributed by atoms with Crippen molar-refractivity contribution in [2.75, 3.05) is 0 Å². The summed E-state index contributed by atoms with van der Waals surface area (Å²) in [6, 6.07) is 16.7. The van der Waals surface area contributed by atoms with Crippen LogP contribution in [0.3, 0.4) is 0 Å². The van der Waals surface area contributed by atoms with Crippen LogP contribution in [-0.2, 0) is 20.9 Å². The number of rotatable bonds is 5. The highest BCUT2D eigenvalue weighted by Crippen LogP contribution is 2.32. The molecule has 0 aromatic heterocycles. The van der Waals surface area contributed by atoms with Gasteiger partial charge in [-0.25, -0.2) is 0 Å². The monoisotopic (exact) mass is 369 g/mol. The molecule has 0 bridgehead atoms. The lowest BCUT2D eigenvalue weighted by molar-refractivity contribution is -0.139. The van der Waals surface area contributed by atoms with Crippen molar-refractivity contribution in [2.45, 2.75) is 25.6 Å². The maximum atomic E-state index is 12.5. The third-order valence-corrected chi connectivity index (χ3v) is 5.35. The molecule has 0 N–H and O–H groups in total. The van der Waals surface area contributed by atoms with Gasteiger partial charge in [0.15, 0.2) is 5.12 Å². The van der Waals surface area contributed by atoms with Crippen molar-refractivity contribution in [3.05, 3.63) is 60.2 Å². The highest BCUT2D eigenvalue weighted by Gasteiger charge is 2.45. The van der Waals surface area contributed by atoms with Gasteiger partial charge >= 0.3 is 0 Å². The summed E-state index contributed by atoms with van der Waals surface area (Å²) in [7, 11) is 0. The van der Waals surface area contributed by atoms with Crippen LogP contribution in [-0.4, -0.2) is 27.1 Å². The Balaban J connectivity index is 1.68. The first-order chi connectivity index (χ1) is 12.5. The molecular weight excluding hydrogens is 350 g/mol. The van der Waals surface area contributed by atoms with Gasteiger partial charge in [0, 0.05) is 6.92 Å². The molecule has 2 aromatic carbocycles. The van der Waals surface area contributed by atoms with Crippen LogP contribution in [0.5, 0.6) is 11.5 Å². The second-order valence-corrected chi connectivity index (χ2v) is 7.46. The Hall–Kier alpha value is -2.60. The fourth-order valence-corrected chi connectivity index (χ4v) is 3.71. The Morgan fingerprint density at radius 2 is 1.62 bits per heavy atom. The van der Waals surface area contributed by atoms with Crippen LogP contribution in [0.25, 0.3) is 0 Å². The fraction of sp³-hybridized carbons (Fsp3) is 0.250. The minimum Gasteiger partial charge on any atom is -0.457 e. The largest absolute Gasteiger partial charge is 0.457 e. The molecule has 1 heterocycles. The van der Waals surface area contributed by atoms with Gasteiger partial charge in [0.1, 0.15) is 16.7 Å². The SMILES string of the molecule is CC(=O)SC1C(=O)N(Cc2ccc(Oc3ccccc3)cc2)C(=O)C1C. The van der Waals surface area contributed by atoms with Gasteiger partial charge in [-0.15, -0.1) is 0 Å². The molecule has 1 aliphatic heterocycles.